The highest BCUT2D eigenvalue weighted by atomic mass is 16.5. The van der Waals surface area contributed by atoms with Crippen LogP contribution in [0.25, 0.3) is 11.1 Å². The molecule has 2 amide bonds. The number of amides is 2. The van der Waals surface area contributed by atoms with Crippen LogP contribution in [0.5, 0.6) is 5.75 Å². The van der Waals surface area contributed by atoms with E-state index in [4.69, 9.17) is 4.74 Å². The molecule has 0 saturated carbocycles. The number of ether oxygens (including phenoxy) is 1. The van der Waals surface area contributed by atoms with Crippen LogP contribution in [-0.2, 0) is 16.0 Å². The number of carbonyl (C=O) groups excluding carboxylic acids is 2. The van der Waals surface area contributed by atoms with Gasteiger partial charge in [-0.25, -0.2) is 0 Å². The van der Waals surface area contributed by atoms with Crippen molar-refractivity contribution >= 4 is 11.8 Å². The van der Waals surface area contributed by atoms with Gasteiger partial charge in [0.15, 0.2) is 6.61 Å². The van der Waals surface area contributed by atoms with Crippen molar-refractivity contribution in [1.29, 1.82) is 0 Å². The first-order chi connectivity index (χ1) is 15.7. The van der Waals surface area contributed by atoms with E-state index in [1.165, 1.54) is 0 Å². The molecule has 0 N–H and O–H groups in total. The van der Waals surface area contributed by atoms with Crippen LogP contribution in [0.3, 0.4) is 0 Å². The summed E-state index contributed by atoms with van der Waals surface area (Å²) in [6.07, 6.45) is 3.96. The summed E-state index contributed by atoms with van der Waals surface area (Å²) in [5.41, 5.74) is 3.11. The van der Waals surface area contributed by atoms with Gasteiger partial charge >= 0.3 is 0 Å². The third-order valence-electron chi connectivity index (χ3n) is 5.81. The number of benzene rings is 2. The second-order valence-corrected chi connectivity index (χ2v) is 7.72. The van der Waals surface area contributed by atoms with Crippen molar-refractivity contribution in [3.05, 3.63) is 84.7 Å². The number of carbonyl (C=O) groups is 2. The lowest BCUT2D eigenvalue weighted by Gasteiger charge is -2.40. The Kier molecular flexibility index (Phi) is 6.80. The number of nitrogens with zero attached hydrogens (tertiary/aromatic N) is 3. The van der Waals surface area contributed by atoms with E-state index in [2.05, 4.69) is 4.98 Å². The highest BCUT2D eigenvalue weighted by Gasteiger charge is 2.37. The number of rotatable bonds is 7. The summed E-state index contributed by atoms with van der Waals surface area (Å²) in [4.78, 5) is 34.0. The van der Waals surface area contributed by atoms with Gasteiger partial charge in [0.1, 0.15) is 11.8 Å². The van der Waals surface area contributed by atoms with Crippen LogP contribution in [0, 0.1) is 0 Å². The highest BCUT2D eigenvalue weighted by molar-refractivity contribution is 5.90. The molecule has 0 radical (unpaired) electrons. The molecule has 1 saturated heterocycles. The summed E-state index contributed by atoms with van der Waals surface area (Å²) in [7, 11) is 0. The summed E-state index contributed by atoms with van der Waals surface area (Å²) in [5.74, 6) is 0.444. The SMILES string of the molecule is CCN1CCN(C(=O)COc2ccccc2)C(Cc2ccccc2-c2ccncc2)C1=O. The van der Waals surface area contributed by atoms with Crippen LogP contribution in [0.4, 0.5) is 0 Å². The van der Waals surface area contributed by atoms with Crippen molar-refractivity contribution in [2.24, 2.45) is 0 Å². The molecule has 164 valence electrons. The Hall–Kier alpha value is -3.67. The lowest BCUT2D eigenvalue weighted by Crippen LogP contribution is -2.60. The maximum absolute atomic E-state index is 13.3. The highest BCUT2D eigenvalue weighted by Crippen LogP contribution is 2.26. The molecule has 1 fully saturated rings. The zero-order chi connectivity index (χ0) is 22.3. The topological polar surface area (TPSA) is 62.7 Å². The molecule has 6 nitrogen and oxygen atoms in total. The first kappa shape index (κ1) is 21.6. The maximum Gasteiger partial charge on any atom is 0.261 e. The summed E-state index contributed by atoms with van der Waals surface area (Å²) < 4.78 is 5.68. The number of para-hydroxylation sites is 1. The average Bonchev–Trinajstić information content (AvgIpc) is 2.85. The van der Waals surface area contributed by atoms with E-state index >= 15 is 0 Å². The van der Waals surface area contributed by atoms with Gasteiger partial charge in [-0.2, -0.15) is 0 Å². The Morgan fingerprint density at radius 1 is 1.00 bits per heavy atom. The minimum atomic E-state index is -0.557. The molecule has 1 aliphatic rings. The molecule has 3 aromatic rings. The number of likely N-dealkylation sites (N-methyl/N-ethyl adjacent to an activating group) is 1. The molecule has 1 unspecified atom stereocenters. The first-order valence-corrected chi connectivity index (χ1v) is 10.9. The summed E-state index contributed by atoms with van der Waals surface area (Å²) >= 11 is 0. The van der Waals surface area contributed by atoms with Gasteiger partial charge < -0.3 is 14.5 Å². The van der Waals surface area contributed by atoms with Crippen LogP contribution >= 0.6 is 0 Å². The van der Waals surface area contributed by atoms with Crippen molar-refractivity contribution in [2.45, 2.75) is 19.4 Å². The maximum atomic E-state index is 13.3. The second-order valence-electron chi connectivity index (χ2n) is 7.72. The number of hydrogen-bond acceptors (Lipinski definition) is 4. The van der Waals surface area contributed by atoms with Crippen molar-refractivity contribution in [2.75, 3.05) is 26.2 Å². The van der Waals surface area contributed by atoms with Gasteiger partial charge in [0.25, 0.3) is 5.91 Å². The van der Waals surface area contributed by atoms with Crippen LogP contribution in [-0.4, -0.2) is 58.9 Å². The molecular weight excluding hydrogens is 402 g/mol. The zero-order valence-electron chi connectivity index (χ0n) is 18.2. The largest absolute Gasteiger partial charge is 0.484 e. The number of pyridine rings is 1. The van der Waals surface area contributed by atoms with Crippen LogP contribution < -0.4 is 4.74 Å². The Balaban J connectivity index is 1.57. The van der Waals surface area contributed by atoms with Crippen molar-refractivity contribution in [3.8, 4) is 16.9 Å². The molecule has 4 rings (SSSR count). The van der Waals surface area contributed by atoms with Gasteiger partial charge in [-0.3, -0.25) is 14.6 Å². The fourth-order valence-electron chi connectivity index (χ4n) is 4.11. The lowest BCUT2D eigenvalue weighted by molar-refractivity contribution is -0.152. The van der Waals surface area contributed by atoms with Crippen LogP contribution in [0.1, 0.15) is 12.5 Å². The zero-order valence-corrected chi connectivity index (χ0v) is 18.2. The quantitative estimate of drug-likeness (QED) is 0.577. The number of aromatic nitrogens is 1. The Labute approximate surface area is 188 Å². The fraction of sp³-hybridized carbons (Fsp3) is 0.269. The van der Waals surface area contributed by atoms with E-state index in [0.717, 1.165) is 16.7 Å². The summed E-state index contributed by atoms with van der Waals surface area (Å²) in [6.45, 7) is 3.54. The number of piperazine rings is 1. The van der Waals surface area contributed by atoms with E-state index in [1.807, 2.05) is 78.6 Å². The van der Waals surface area contributed by atoms with Gasteiger partial charge in [0.2, 0.25) is 5.91 Å². The molecule has 2 heterocycles. The molecule has 2 aromatic carbocycles. The van der Waals surface area contributed by atoms with Crippen molar-refractivity contribution < 1.29 is 14.3 Å². The average molecular weight is 430 g/mol. The van der Waals surface area contributed by atoms with Crippen LogP contribution in [0.2, 0.25) is 0 Å². The molecule has 6 heteroatoms. The minimum absolute atomic E-state index is 0.0173. The lowest BCUT2D eigenvalue weighted by atomic mass is 9.93. The molecule has 1 aromatic heterocycles. The Morgan fingerprint density at radius 3 is 2.47 bits per heavy atom. The monoisotopic (exact) mass is 429 g/mol. The van der Waals surface area contributed by atoms with Gasteiger partial charge in [-0.05, 0) is 47.9 Å². The first-order valence-electron chi connectivity index (χ1n) is 10.9. The molecule has 32 heavy (non-hydrogen) atoms. The van der Waals surface area contributed by atoms with Gasteiger partial charge in [0.05, 0.1) is 0 Å². The van der Waals surface area contributed by atoms with E-state index < -0.39 is 6.04 Å². The number of hydrogen-bond donors (Lipinski definition) is 0. The Morgan fingerprint density at radius 2 is 1.72 bits per heavy atom. The summed E-state index contributed by atoms with van der Waals surface area (Å²) in [6, 6.07) is 20.6. The van der Waals surface area contributed by atoms with Gasteiger partial charge in [0, 0.05) is 38.4 Å². The predicted octanol–water partition coefficient (Wildman–Crippen LogP) is 3.43. The van der Waals surface area contributed by atoms with Crippen LogP contribution in [0.15, 0.2) is 79.1 Å². The van der Waals surface area contributed by atoms with E-state index in [-0.39, 0.29) is 18.4 Å². The predicted molar refractivity (Wildman–Crippen MR) is 123 cm³/mol. The third-order valence-corrected chi connectivity index (χ3v) is 5.81. The molecule has 0 bridgehead atoms. The van der Waals surface area contributed by atoms with E-state index in [9.17, 15) is 9.59 Å². The summed E-state index contributed by atoms with van der Waals surface area (Å²) in [5, 5.41) is 0. The smallest absolute Gasteiger partial charge is 0.261 e. The van der Waals surface area contributed by atoms with E-state index in [0.29, 0.717) is 31.8 Å². The molecule has 1 aliphatic heterocycles. The van der Waals surface area contributed by atoms with Gasteiger partial charge in [-0.15, -0.1) is 0 Å². The van der Waals surface area contributed by atoms with E-state index in [1.54, 1.807) is 17.3 Å². The second kappa shape index (κ2) is 10.1. The fourth-order valence-corrected chi connectivity index (χ4v) is 4.11. The molecule has 0 spiro atoms. The minimum Gasteiger partial charge on any atom is -0.484 e. The van der Waals surface area contributed by atoms with Crippen molar-refractivity contribution in [3.63, 3.8) is 0 Å². The normalized spacial score (nSPS) is 16.2. The molecule has 0 aliphatic carbocycles. The third kappa shape index (κ3) is 4.80. The molecular formula is C26H27N3O3. The molecule has 1 atom stereocenters. The standard InChI is InChI=1S/C26H27N3O3/c1-2-28-16-17-29(25(30)19-32-22-9-4-3-5-10-22)24(26(28)31)18-21-8-6-7-11-23(21)20-12-14-27-15-13-20/h3-15,24H,2,16-19H2,1H3. The van der Waals surface area contributed by atoms with Gasteiger partial charge in [-0.1, -0.05) is 42.5 Å². The van der Waals surface area contributed by atoms with Crippen molar-refractivity contribution in [1.82, 2.24) is 14.8 Å². The Bertz CT molecular complexity index is 1060.